The fourth-order valence-corrected chi connectivity index (χ4v) is 4.60. The molecule has 236 valence electrons. The zero-order chi connectivity index (χ0) is 32.4. The first-order valence-electron chi connectivity index (χ1n) is 14.7. The summed E-state index contributed by atoms with van der Waals surface area (Å²) in [6.45, 7) is 13.7. The van der Waals surface area contributed by atoms with Crippen LogP contribution < -0.4 is 33.3 Å². The molecule has 1 atom stereocenters. The number of hydrogen-bond acceptors (Lipinski definition) is 8. The maximum absolute atomic E-state index is 12.2. The van der Waals surface area contributed by atoms with Crippen LogP contribution in [0.5, 0.6) is 0 Å². The topological polar surface area (TPSA) is 186 Å². The van der Waals surface area contributed by atoms with Gasteiger partial charge in [0.25, 0.3) is 0 Å². The zero-order valence-corrected chi connectivity index (χ0v) is 26.4. The minimum atomic E-state index is -1.07. The van der Waals surface area contributed by atoms with Crippen LogP contribution in [0.25, 0.3) is 0 Å². The number of anilines is 1. The van der Waals surface area contributed by atoms with Crippen molar-refractivity contribution in [2.75, 3.05) is 38.0 Å². The molecule has 0 aromatic heterocycles. The maximum Gasteiger partial charge on any atom is 0.492 e. The second-order valence-electron chi connectivity index (χ2n) is 12.3. The van der Waals surface area contributed by atoms with Gasteiger partial charge < -0.3 is 42.4 Å². The van der Waals surface area contributed by atoms with Crippen LogP contribution in [0.2, 0.25) is 0 Å². The first-order valence-corrected chi connectivity index (χ1v) is 14.7. The Hall–Kier alpha value is -3.29. The van der Waals surface area contributed by atoms with E-state index in [4.69, 9.17) is 21.9 Å². The van der Waals surface area contributed by atoms with E-state index in [9.17, 15) is 19.4 Å². The van der Waals surface area contributed by atoms with Crippen molar-refractivity contribution in [3.05, 3.63) is 59.2 Å². The third kappa shape index (κ3) is 11.1. The molecule has 0 saturated heterocycles. The van der Waals surface area contributed by atoms with Gasteiger partial charge in [0.05, 0.1) is 18.2 Å². The van der Waals surface area contributed by atoms with Crippen molar-refractivity contribution in [2.45, 2.75) is 71.4 Å². The van der Waals surface area contributed by atoms with Crippen LogP contribution >= 0.6 is 0 Å². The lowest BCUT2D eigenvalue weighted by atomic mass is 9.78. The lowest BCUT2D eigenvalue weighted by Crippen LogP contribution is -2.45. The van der Waals surface area contributed by atoms with Gasteiger partial charge in [-0.15, -0.1) is 0 Å². The molecule has 2 aromatic carbocycles. The predicted molar refractivity (Wildman–Crippen MR) is 172 cm³/mol. The molecule has 0 fully saturated rings. The summed E-state index contributed by atoms with van der Waals surface area (Å²) in [4.78, 5) is 38.1. The van der Waals surface area contributed by atoms with Crippen molar-refractivity contribution in [1.82, 2.24) is 10.2 Å². The highest BCUT2D eigenvalue weighted by molar-refractivity contribution is 6.62. The van der Waals surface area contributed by atoms with Crippen LogP contribution in [0.1, 0.15) is 64.2 Å². The molecular formula is C31H49BN6O5. The van der Waals surface area contributed by atoms with E-state index in [0.29, 0.717) is 37.3 Å². The SMILES string of the molecule is CC1(C)OB(O)c2cc(NC(=O)CNC(=O)C(N)CCC(=O)N(CCN)CCN)ccc21.Cc1ccc(C(C)(C)C)cc1. The van der Waals surface area contributed by atoms with E-state index in [0.717, 1.165) is 5.56 Å². The number of carbonyl (C=O) groups is 3. The number of rotatable bonds is 11. The summed E-state index contributed by atoms with van der Waals surface area (Å²) in [5, 5.41) is 15.2. The minimum absolute atomic E-state index is 0.0800. The number of nitrogens with one attached hydrogen (secondary N) is 2. The average Bonchev–Trinajstić information content (AvgIpc) is 3.17. The summed E-state index contributed by atoms with van der Waals surface area (Å²) in [5.74, 6) is -1.16. The lowest BCUT2D eigenvalue weighted by molar-refractivity contribution is -0.131. The van der Waals surface area contributed by atoms with Crippen LogP contribution in [-0.4, -0.2) is 73.5 Å². The van der Waals surface area contributed by atoms with Crippen LogP contribution in [0.3, 0.4) is 0 Å². The van der Waals surface area contributed by atoms with Gasteiger partial charge in [0.1, 0.15) is 0 Å². The Kier molecular flexibility index (Phi) is 13.3. The van der Waals surface area contributed by atoms with Gasteiger partial charge in [0.2, 0.25) is 17.7 Å². The number of benzene rings is 2. The standard InChI is InChI=1S/C20H33BN6O5.C11H16/c1-20(2)14-4-3-13(11-15(14)21(31)32-20)26-17(28)12-25-19(30)16(24)5-6-18(29)27(9-7-22)10-8-23;1-9-5-7-10(8-6-9)11(2,3)4/h3-4,11,16,31H,5-10,12,22-24H2,1-2H3,(H,25,30)(H,26,28);5-8H,1-4H3. The molecule has 1 aliphatic rings. The quantitative estimate of drug-likeness (QED) is 0.206. The fraction of sp³-hybridized carbons (Fsp3) is 0.516. The molecule has 3 amide bonds. The third-order valence-corrected chi connectivity index (χ3v) is 7.15. The molecule has 2 aromatic rings. The Labute approximate surface area is 256 Å². The first-order chi connectivity index (χ1) is 20.1. The molecule has 43 heavy (non-hydrogen) atoms. The molecule has 0 saturated carbocycles. The maximum atomic E-state index is 12.2. The third-order valence-electron chi connectivity index (χ3n) is 7.15. The summed E-state index contributed by atoms with van der Waals surface area (Å²) in [6.07, 6.45) is 0.215. The summed E-state index contributed by atoms with van der Waals surface area (Å²) < 4.78 is 5.50. The van der Waals surface area contributed by atoms with E-state index in [-0.39, 0.29) is 30.7 Å². The second kappa shape index (κ2) is 16.0. The Bertz CT molecular complexity index is 1230. The normalized spacial score (nSPS) is 14.2. The molecule has 0 bridgehead atoms. The first kappa shape index (κ1) is 35.9. The van der Waals surface area contributed by atoms with E-state index in [1.165, 1.54) is 16.0 Å². The fourth-order valence-electron chi connectivity index (χ4n) is 4.60. The van der Waals surface area contributed by atoms with Crippen molar-refractivity contribution in [3.63, 3.8) is 0 Å². The largest absolute Gasteiger partial charge is 0.492 e. The van der Waals surface area contributed by atoms with Gasteiger partial charge in [-0.25, -0.2) is 0 Å². The lowest BCUT2D eigenvalue weighted by Gasteiger charge is -2.22. The van der Waals surface area contributed by atoms with Crippen LogP contribution in [0.15, 0.2) is 42.5 Å². The van der Waals surface area contributed by atoms with Crippen molar-refractivity contribution in [2.24, 2.45) is 17.2 Å². The number of fused-ring (bicyclic) bond motifs is 1. The molecule has 9 N–H and O–H groups in total. The van der Waals surface area contributed by atoms with E-state index in [1.807, 2.05) is 13.8 Å². The van der Waals surface area contributed by atoms with Crippen LogP contribution in [0, 0.1) is 6.92 Å². The molecular weight excluding hydrogens is 547 g/mol. The van der Waals surface area contributed by atoms with Crippen molar-refractivity contribution >= 4 is 36.0 Å². The number of aryl methyl sites for hydroxylation is 1. The Morgan fingerprint density at radius 2 is 1.65 bits per heavy atom. The van der Waals surface area contributed by atoms with Crippen LogP contribution in [0.4, 0.5) is 5.69 Å². The van der Waals surface area contributed by atoms with Crippen molar-refractivity contribution in [1.29, 1.82) is 0 Å². The molecule has 1 heterocycles. The van der Waals surface area contributed by atoms with E-state index in [1.54, 1.807) is 18.2 Å². The molecule has 0 aliphatic carbocycles. The Morgan fingerprint density at radius 3 is 2.21 bits per heavy atom. The summed E-state index contributed by atoms with van der Waals surface area (Å²) in [5.41, 5.74) is 21.1. The second-order valence-corrected chi connectivity index (χ2v) is 12.3. The van der Waals surface area contributed by atoms with Crippen molar-refractivity contribution in [3.8, 4) is 0 Å². The van der Waals surface area contributed by atoms with Gasteiger partial charge >= 0.3 is 7.12 Å². The van der Waals surface area contributed by atoms with Crippen LogP contribution in [-0.2, 0) is 30.1 Å². The van der Waals surface area contributed by atoms with Gasteiger partial charge in [-0.2, -0.15) is 0 Å². The highest BCUT2D eigenvalue weighted by Gasteiger charge is 2.40. The Balaban J connectivity index is 0.000000490. The highest BCUT2D eigenvalue weighted by atomic mass is 16.5. The smallest absolute Gasteiger partial charge is 0.423 e. The summed E-state index contributed by atoms with van der Waals surface area (Å²) >= 11 is 0. The van der Waals surface area contributed by atoms with E-state index < -0.39 is 30.6 Å². The van der Waals surface area contributed by atoms with Gasteiger partial charge in [-0.1, -0.05) is 56.7 Å². The van der Waals surface area contributed by atoms with Crippen molar-refractivity contribution < 1.29 is 24.1 Å². The van der Waals surface area contributed by atoms with Gasteiger partial charge in [0, 0.05) is 38.3 Å². The van der Waals surface area contributed by atoms with Gasteiger partial charge in [0.15, 0.2) is 0 Å². The molecule has 0 radical (unpaired) electrons. The van der Waals surface area contributed by atoms with Gasteiger partial charge in [-0.05, 0) is 61.3 Å². The van der Waals surface area contributed by atoms with Gasteiger partial charge in [-0.3, -0.25) is 14.4 Å². The summed E-state index contributed by atoms with van der Waals surface area (Å²) in [7, 11) is -1.07. The number of amides is 3. The molecule has 1 aliphatic heterocycles. The number of nitrogens with two attached hydrogens (primary N) is 3. The Morgan fingerprint density at radius 1 is 1.05 bits per heavy atom. The number of carbonyl (C=O) groups excluding carboxylic acids is 3. The molecule has 12 heteroatoms. The van der Waals surface area contributed by atoms with E-state index in [2.05, 4.69) is 62.6 Å². The molecule has 1 unspecified atom stereocenters. The zero-order valence-electron chi connectivity index (χ0n) is 26.4. The number of nitrogens with zero attached hydrogens (tertiary/aromatic N) is 1. The molecule has 3 rings (SSSR count). The monoisotopic (exact) mass is 596 g/mol. The minimum Gasteiger partial charge on any atom is -0.423 e. The summed E-state index contributed by atoms with van der Waals surface area (Å²) in [6, 6.07) is 12.9. The molecule has 11 nitrogen and oxygen atoms in total. The average molecular weight is 597 g/mol. The predicted octanol–water partition coefficient (Wildman–Crippen LogP) is 0.840. The highest BCUT2D eigenvalue weighted by Crippen LogP contribution is 2.30. The molecule has 0 spiro atoms. The van der Waals surface area contributed by atoms with E-state index >= 15 is 0 Å². The number of hydrogen-bond donors (Lipinski definition) is 6.